The Bertz CT molecular complexity index is 841. The van der Waals surface area contributed by atoms with E-state index in [4.69, 9.17) is 4.74 Å². The molecule has 0 spiro atoms. The van der Waals surface area contributed by atoms with Crippen LogP contribution in [0.25, 0.3) is 10.6 Å². The van der Waals surface area contributed by atoms with E-state index in [0.29, 0.717) is 5.69 Å². The van der Waals surface area contributed by atoms with Gasteiger partial charge in [0.05, 0.1) is 12.1 Å². The van der Waals surface area contributed by atoms with Crippen molar-refractivity contribution in [2.75, 3.05) is 6.61 Å². The average molecular weight is 401 g/mol. The van der Waals surface area contributed by atoms with Crippen molar-refractivity contribution in [3.8, 4) is 10.6 Å². The molecule has 1 aliphatic rings. The number of benzene rings is 1. The van der Waals surface area contributed by atoms with Crippen molar-refractivity contribution in [3.05, 3.63) is 40.9 Å². The normalized spacial score (nSPS) is 13.9. The van der Waals surface area contributed by atoms with Crippen LogP contribution in [-0.4, -0.2) is 35.5 Å². The minimum absolute atomic E-state index is 0.0239. The number of carbonyl (C=O) groups is 3. The molecule has 3 rings (SSSR count). The Labute approximate surface area is 167 Å². The predicted octanol–water partition coefficient (Wildman–Crippen LogP) is 2.97. The van der Waals surface area contributed by atoms with Gasteiger partial charge < -0.3 is 10.1 Å². The lowest BCUT2D eigenvalue weighted by Gasteiger charge is -2.12. The maximum absolute atomic E-state index is 11.9. The monoisotopic (exact) mass is 401 g/mol. The average Bonchev–Trinajstić information content (AvgIpc) is 3.33. The van der Waals surface area contributed by atoms with Gasteiger partial charge in [-0.3, -0.25) is 14.9 Å². The fourth-order valence-corrected chi connectivity index (χ4v) is 3.84. The van der Waals surface area contributed by atoms with Gasteiger partial charge in [-0.25, -0.2) is 9.78 Å². The summed E-state index contributed by atoms with van der Waals surface area (Å²) >= 11 is 1.45. The number of aryl methyl sites for hydroxylation is 1. The number of thiazole rings is 1. The van der Waals surface area contributed by atoms with E-state index < -0.39 is 24.5 Å². The van der Waals surface area contributed by atoms with Gasteiger partial charge in [-0.1, -0.05) is 42.7 Å². The highest BCUT2D eigenvalue weighted by Gasteiger charge is 2.19. The molecule has 0 bridgehead atoms. The summed E-state index contributed by atoms with van der Waals surface area (Å²) in [5, 5.41) is 7.54. The number of hydrogen-bond acceptors (Lipinski definition) is 6. The second kappa shape index (κ2) is 9.45. The molecule has 0 atom stereocenters. The van der Waals surface area contributed by atoms with Crippen molar-refractivity contribution in [1.82, 2.24) is 15.6 Å². The molecule has 0 aliphatic heterocycles. The number of esters is 1. The van der Waals surface area contributed by atoms with Crippen LogP contribution in [0.2, 0.25) is 0 Å². The summed E-state index contributed by atoms with van der Waals surface area (Å²) in [6, 6.07) is 7.55. The third-order valence-electron chi connectivity index (χ3n) is 4.48. The van der Waals surface area contributed by atoms with Crippen LogP contribution in [0.4, 0.5) is 4.79 Å². The number of imide groups is 1. The standard InChI is InChI=1S/C20H23N3O4S/c1-13-6-8-14(9-7-13)19-21-16(12-28-19)10-18(25)27-11-17(24)23-20(26)22-15-4-2-3-5-15/h6-9,12,15H,2-5,10-11H2,1H3,(H2,22,23,24,26). The zero-order valence-corrected chi connectivity index (χ0v) is 16.5. The van der Waals surface area contributed by atoms with Gasteiger partial charge in [-0.05, 0) is 19.8 Å². The minimum atomic E-state index is -0.650. The third kappa shape index (κ3) is 5.88. The molecule has 2 aromatic rings. The zero-order chi connectivity index (χ0) is 19.9. The first-order valence-electron chi connectivity index (χ1n) is 9.27. The fourth-order valence-electron chi connectivity index (χ4n) is 3.02. The lowest BCUT2D eigenvalue weighted by atomic mass is 10.2. The Hall–Kier alpha value is -2.74. The Morgan fingerprint density at radius 1 is 1.18 bits per heavy atom. The van der Waals surface area contributed by atoms with Gasteiger partial charge in [0, 0.05) is 17.0 Å². The summed E-state index contributed by atoms with van der Waals surface area (Å²) in [5.41, 5.74) is 2.74. The fraction of sp³-hybridized carbons (Fsp3) is 0.400. The Morgan fingerprint density at radius 3 is 2.61 bits per heavy atom. The molecule has 148 valence electrons. The number of urea groups is 1. The first-order chi connectivity index (χ1) is 13.5. The summed E-state index contributed by atoms with van der Waals surface area (Å²) in [5.74, 6) is -1.21. The second-order valence-corrected chi connectivity index (χ2v) is 7.71. The smallest absolute Gasteiger partial charge is 0.321 e. The molecule has 28 heavy (non-hydrogen) atoms. The summed E-state index contributed by atoms with van der Waals surface area (Å²) in [6.45, 7) is 1.52. The second-order valence-electron chi connectivity index (χ2n) is 6.85. The van der Waals surface area contributed by atoms with Gasteiger partial charge in [0.2, 0.25) is 0 Å². The molecule has 3 amide bonds. The van der Waals surface area contributed by atoms with Gasteiger partial charge in [0.15, 0.2) is 6.61 Å². The molecule has 2 N–H and O–H groups in total. The largest absolute Gasteiger partial charge is 0.455 e. The van der Waals surface area contributed by atoms with Crippen molar-refractivity contribution in [2.24, 2.45) is 0 Å². The molecule has 1 aliphatic carbocycles. The van der Waals surface area contributed by atoms with Crippen LogP contribution >= 0.6 is 11.3 Å². The molecule has 0 radical (unpaired) electrons. The Morgan fingerprint density at radius 2 is 1.89 bits per heavy atom. The van der Waals surface area contributed by atoms with Gasteiger partial charge >= 0.3 is 12.0 Å². The number of nitrogens with one attached hydrogen (secondary N) is 2. The quantitative estimate of drug-likeness (QED) is 0.726. The first kappa shape index (κ1) is 20.0. The Kier molecular flexibility index (Phi) is 6.76. The van der Waals surface area contributed by atoms with Crippen molar-refractivity contribution in [1.29, 1.82) is 0 Å². The highest BCUT2D eigenvalue weighted by molar-refractivity contribution is 7.13. The van der Waals surface area contributed by atoms with Crippen LogP contribution in [0.3, 0.4) is 0 Å². The van der Waals surface area contributed by atoms with Gasteiger partial charge in [-0.2, -0.15) is 0 Å². The number of hydrogen-bond donors (Lipinski definition) is 2. The lowest BCUT2D eigenvalue weighted by molar-refractivity contribution is -0.147. The van der Waals surface area contributed by atoms with E-state index in [9.17, 15) is 14.4 Å². The van der Waals surface area contributed by atoms with E-state index in [1.54, 1.807) is 5.38 Å². The van der Waals surface area contributed by atoms with E-state index in [-0.39, 0.29) is 12.5 Å². The molecule has 1 aromatic carbocycles. The van der Waals surface area contributed by atoms with Crippen LogP contribution in [-0.2, 0) is 20.7 Å². The molecular formula is C20H23N3O4S. The molecule has 0 saturated heterocycles. The number of ether oxygens (including phenoxy) is 1. The number of aromatic nitrogens is 1. The number of rotatable bonds is 6. The number of carbonyl (C=O) groups excluding carboxylic acids is 3. The van der Waals surface area contributed by atoms with E-state index >= 15 is 0 Å². The minimum Gasteiger partial charge on any atom is -0.455 e. The number of nitrogens with zero attached hydrogens (tertiary/aromatic N) is 1. The summed E-state index contributed by atoms with van der Waals surface area (Å²) in [7, 11) is 0. The lowest BCUT2D eigenvalue weighted by Crippen LogP contribution is -2.45. The van der Waals surface area contributed by atoms with Crippen LogP contribution in [0.15, 0.2) is 29.6 Å². The molecule has 0 unspecified atom stereocenters. The molecule has 7 nitrogen and oxygen atoms in total. The number of amides is 3. The highest BCUT2D eigenvalue weighted by atomic mass is 32.1. The molecule has 8 heteroatoms. The van der Waals surface area contributed by atoms with E-state index in [0.717, 1.165) is 36.3 Å². The van der Waals surface area contributed by atoms with E-state index in [2.05, 4.69) is 15.6 Å². The molecular weight excluding hydrogens is 378 g/mol. The van der Waals surface area contributed by atoms with Crippen LogP contribution < -0.4 is 10.6 Å². The molecule has 1 saturated carbocycles. The van der Waals surface area contributed by atoms with Crippen molar-refractivity contribution >= 4 is 29.2 Å². The molecule has 1 aromatic heterocycles. The first-order valence-corrected chi connectivity index (χ1v) is 10.1. The summed E-state index contributed by atoms with van der Waals surface area (Å²) < 4.78 is 4.94. The zero-order valence-electron chi connectivity index (χ0n) is 15.7. The summed E-state index contributed by atoms with van der Waals surface area (Å²) in [6.07, 6.45) is 3.99. The van der Waals surface area contributed by atoms with Gasteiger partial charge in [0.25, 0.3) is 5.91 Å². The maximum atomic E-state index is 11.9. The Balaban J connectivity index is 1.41. The summed E-state index contributed by atoms with van der Waals surface area (Å²) in [4.78, 5) is 39.8. The third-order valence-corrected chi connectivity index (χ3v) is 5.42. The van der Waals surface area contributed by atoms with Crippen LogP contribution in [0.1, 0.15) is 36.9 Å². The van der Waals surface area contributed by atoms with Crippen LogP contribution in [0.5, 0.6) is 0 Å². The van der Waals surface area contributed by atoms with E-state index in [1.165, 1.54) is 16.9 Å². The van der Waals surface area contributed by atoms with Crippen LogP contribution in [0, 0.1) is 6.92 Å². The predicted molar refractivity (Wildman–Crippen MR) is 106 cm³/mol. The highest BCUT2D eigenvalue weighted by Crippen LogP contribution is 2.24. The van der Waals surface area contributed by atoms with Gasteiger partial charge in [0.1, 0.15) is 5.01 Å². The van der Waals surface area contributed by atoms with Crippen molar-refractivity contribution in [2.45, 2.75) is 45.1 Å². The molecule has 1 fully saturated rings. The molecule has 1 heterocycles. The SMILES string of the molecule is Cc1ccc(-c2nc(CC(=O)OCC(=O)NC(=O)NC3CCCC3)cs2)cc1. The topological polar surface area (TPSA) is 97.4 Å². The van der Waals surface area contributed by atoms with Crippen molar-refractivity contribution in [3.63, 3.8) is 0 Å². The van der Waals surface area contributed by atoms with Crippen molar-refractivity contribution < 1.29 is 19.1 Å². The maximum Gasteiger partial charge on any atom is 0.321 e. The van der Waals surface area contributed by atoms with Gasteiger partial charge in [-0.15, -0.1) is 11.3 Å². The van der Waals surface area contributed by atoms with E-state index in [1.807, 2.05) is 31.2 Å².